The van der Waals surface area contributed by atoms with E-state index in [9.17, 15) is 9.50 Å². The van der Waals surface area contributed by atoms with Crippen LogP contribution in [0.1, 0.15) is 17.4 Å². The average Bonchev–Trinajstić information content (AvgIpc) is 2.86. The van der Waals surface area contributed by atoms with Crippen molar-refractivity contribution < 1.29 is 13.9 Å². The van der Waals surface area contributed by atoms with E-state index in [0.717, 1.165) is 9.86 Å². The highest BCUT2D eigenvalue weighted by Crippen LogP contribution is 2.33. The largest absolute Gasteiger partial charge is 0.457 e. The Balaban J connectivity index is 2.10. The lowest BCUT2D eigenvalue weighted by Crippen LogP contribution is -2.01. The van der Waals surface area contributed by atoms with E-state index >= 15 is 0 Å². The highest BCUT2D eigenvalue weighted by Gasteiger charge is 2.20. The maximum Gasteiger partial charge on any atom is 0.148 e. The van der Waals surface area contributed by atoms with Gasteiger partial charge in [-0.3, -0.25) is 0 Å². The normalized spacial score (nSPS) is 12.8. The van der Waals surface area contributed by atoms with Gasteiger partial charge >= 0.3 is 0 Å². The molecule has 1 unspecified atom stereocenters. The van der Waals surface area contributed by atoms with Crippen LogP contribution in [-0.4, -0.2) is 5.11 Å². The Morgan fingerprint density at radius 3 is 2.65 bits per heavy atom. The number of fused-ring (bicyclic) bond motifs is 1. The van der Waals surface area contributed by atoms with Crippen molar-refractivity contribution in [2.24, 2.45) is 0 Å². The minimum absolute atomic E-state index is 0.176. The number of furan rings is 1. The van der Waals surface area contributed by atoms with Gasteiger partial charge in [0.15, 0.2) is 0 Å². The molecule has 1 atom stereocenters. The van der Waals surface area contributed by atoms with Crippen LogP contribution in [0.15, 0.2) is 55.8 Å². The molecule has 1 heterocycles. The monoisotopic (exact) mass is 398 g/mol. The number of aliphatic hydroxyl groups is 1. The minimum Gasteiger partial charge on any atom is -0.457 e. The Bertz CT molecular complexity index is 783. The summed E-state index contributed by atoms with van der Waals surface area (Å²) in [4.78, 5) is 0. The standard InChI is InChI=1S/C15H9Br2FO2/c16-9-4-5-12(18)10(7-9)14(19)13-6-8-2-1-3-11(17)15(8)20-13/h1-7,14,19H. The fraction of sp³-hybridized carbons (Fsp3) is 0.0667. The Kier molecular flexibility index (Phi) is 3.67. The number of para-hydroxylation sites is 1. The summed E-state index contributed by atoms with van der Waals surface area (Å²) >= 11 is 6.65. The van der Waals surface area contributed by atoms with Gasteiger partial charge in [-0.15, -0.1) is 0 Å². The third kappa shape index (κ3) is 2.41. The Morgan fingerprint density at radius 1 is 1.10 bits per heavy atom. The van der Waals surface area contributed by atoms with E-state index in [-0.39, 0.29) is 5.56 Å². The lowest BCUT2D eigenvalue weighted by molar-refractivity contribution is 0.187. The van der Waals surface area contributed by atoms with Gasteiger partial charge in [0.1, 0.15) is 23.3 Å². The first kappa shape index (κ1) is 13.8. The summed E-state index contributed by atoms with van der Waals surface area (Å²) in [6.45, 7) is 0. The van der Waals surface area contributed by atoms with Crippen LogP contribution in [0.25, 0.3) is 11.0 Å². The minimum atomic E-state index is -1.15. The zero-order valence-electron chi connectivity index (χ0n) is 10.1. The van der Waals surface area contributed by atoms with Crippen molar-refractivity contribution in [3.05, 3.63) is 68.6 Å². The average molecular weight is 400 g/mol. The molecule has 0 aliphatic rings. The fourth-order valence-corrected chi connectivity index (χ4v) is 2.90. The molecule has 1 aromatic heterocycles. The maximum absolute atomic E-state index is 13.8. The summed E-state index contributed by atoms with van der Waals surface area (Å²) < 4.78 is 20.9. The summed E-state index contributed by atoms with van der Waals surface area (Å²) in [6, 6.07) is 11.7. The van der Waals surface area contributed by atoms with Gasteiger partial charge in [0, 0.05) is 15.4 Å². The van der Waals surface area contributed by atoms with Gasteiger partial charge < -0.3 is 9.52 Å². The highest BCUT2D eigenvalue weighted by atomic mass is 79.9. The van der Waals surface area contributed by atoms with Gasteiger partial charge in [0.25, 0.3) is 0 Å². The van der Waals surface area contributed by atoms with Crippen molar-refractivity contribution in [2.75, 3.05) is 0 Å². The zero-order chi connectivity index (χ0) is 14.3. The van der Waals surface area contributed by atoms with Crippen LogP contribution in [0, 0.1) is 5.82 Å². The molecule has 0 bridgehead atoms. The molecule has 102 valence electrons. The first-order valence-corrected chi connectivity index (χ1v) is 7.46. The second-order valence-corrected chi connectivity index (χ2v) is 6.15. The van der Waals surface area contributed by atoms with Crippen LogP contribution < -0.4 is 0 Å². The van der Waals surface area contributed by atoms with Crippen molar-refractivity contribution in [2.45, 2.75) is 6.10 Å². The van der Waals surface area contributed by atoms with Crippen molar-refractivity contribution in [3.8, 4) is 0 Å². The van der Waals surface area contributed by atoms with Gasteiger partial charge in [-0.1, -0.05) is 28.1 Å². The van der Waals surface area contributed by atoms with Crippen LogP contribution in [0.2, 0.25) is 0 Å². The molecule has 0 aliphatic carbocycles. The van der Waals surface area contributed by atoms with E-state index in [4.69, 9.17) is 4.42 Å². The van der Waals surface area contributed by atoms with Crippen LogP contribution in [0.4, 0.5) is 4.39 Å². The van der Waals surface area contributed by atoms with Crippen LogP contribution in [-0.2, 0) is 0 Å². The van der Waals surface area contributed by atoms with Gasteiger partial charge in [-0.2, -0.15) is 0 Å². The lowest BCUT2D eigenvalue weighted by atomic mass is 10.1. The highest BCUT2D eigenvalue weighted by molar-refractivity contribution is 9.11. The molecule has 0 fully saturated rings. The predicted molar refractivity (Wildman–Crippen MR) is 82.1 cm³/mol. The van der Waals surface area contributed by atoms with Crippen molar-refractivity contribution in [3.63, 3.8) is 0 Å². The third-order valence-corrected chi connectivity index (χ3v) is 4.15. The SMILES string of the molecule is OC(c1cc2cccc(Br)c2o1)c1cc(Br)ccc1F. The Morgan fingerprint density at radius 2 is 1.90 bits per heavy atom. The number of rotatable bonds is 2. The number of hydrogen-bond donors (Lipinski definition) is 1. The molecule has 0 aliphatic heterocycles. The van der Waals surface area contributed by atoms with Crippen molar-refractivity contribution >= 4 is 42.8 Å². The molecule has 0 radical (unpaired) electrons. The van der Waals surface area contributed by atoms with E-state index in [1.54, 1.807) is 18.2 Å². The molecular formula is C15H9Br2FO2. The topological polar surface area (TPSA) is 33.4 Å². The second-order valence-electron chi connectivity index (χ2n) is 4.38. The van der Waals surface area contributed by atoms with E-state index in [1.807, 2.05) is 18.2 Å². The third-order valence-electron chi connectivity index (χ3n) is 3.04. The Labute approximate surface area is 131 Å². The summed E-state index contributed by atoms with van der Waals surface area (Å²) in [5.41, 5.74) is 0.812. The molecule has 2 aromatic carbocycles. The first-order chi connectivity index (χ1) is 9.56. The molecule has 1 N–H and O–H groups in total. The molecule has 3 aromatic rings. The number of aliphatic hydroxyl groups excluding tert-OH is 1. The molecule has 3 rings (SSSR count). The predicted octanol–water partition coefficient (Wildman–Crippen LogP) is 5.18. The Hall–Kier alpha value is -1.17. The molecule has 0 spiro atoms. The first-order valence-electron chi connectivity index (χ1n) is 5.87. The van der Waals surface area contributed by atoms with Gasteiger partial charge in [0.2, 0.25) is 0 Å². The lowest BCUT2D eigenvalue weighted by Gasteiger charge is -2.09. The molecule has 5 heteroatoms. The molecule has 2 nitrogen and oxygen atoms in total. The number of hydrogen-bond acceptors (Lipinski definition) is 2. The van der Waals surface area contributed by atoms with E-state index in [1.165, 1.54) is 6.07 Å². The van der Waals surface area contributed by atoms with Gasteiger partial charge in [-0.25, -0.2) is 4.39 Å². The van der Waals surface area contributed by atoms with Crippen LogP contribution in [0.5, 0.6) is 0 Å². The van der Waals surface area contributed by atoms with E-state index in [2.05, 4.69) is 31.9 Å². The summed E-state index contributed by atoms with van der Waals surface area (Å²) in [5, 5.41) is 11.2. The molecule has 0 saturated heterocycles. The summed E-state index contributed by atoms with van der Waals surface area (Å²) in [5.74, 6) is -0.163. The number of halogens is 3. The fourth-order valence-electron chi connectivity index (χ4n) is 2.06. The van der Waals surface area contributed by atoms with Gasteiger partial charge in [-0.05, 0) is 46.3 Å². The van der Waals surface area contributed by atoms with Crippen LogP contribution in [0.3, 0.4) is 0 Å². The molecule has 0 amide bonds. The zero-order valence-corrected chi connectivity index (χ0v) is 13.3. The van der Waals surface area contributed by atoms with E-state index < -0.39 is 11.9 Å². The maximum atomic E-state index is 13.8. The molecular weight excluding hydrogens is 391 g/mol. The molecule has 20 heavy (non-hydrogen) atoms. The smallest absolute Gasteiger partial charge is 0.148 e. The summed E-state index contributed by atoms with van der Waals surface area (Å²) in [6.07, 6.45) is -1.15. The van der Waals surface area contributed by atoms with Crippen molar-refractivity contribution in [1.82, 2.24) is 0 Å². The van der Waals surface area contributed by atoms with Gasteiger partial charge in [0.05, 0.1) is 4.47 Å². The summed E-state index contributed by atoms with van der Waals surface area (Å²) in [7, 11) is 0. The quantitative estimate of drug-likeness (QED) is 0.644. The van der Waals surface area contributed by atoms with Crippen LogP contribution >= 0.6 is 31.9 Å². The molecule has 0 saturated carbocycles. The van der Waals surface area contributed by atoms with E-state index in [0.29, 0.717) is 15.8 Å². The van der Waals surface area contributed by atoms with Crippen molar-refractivity contribution in [1.29, 1.82) is 0 Å². The second kappa shape index (κ2) is 5.31. The number of benzene rings is 2.